The average Bonchev–Trinajstić information content (AvgIpc) is 2.74. The van der Waals surface area contributed by atoms with Crippen LogP contribution in [0.4, 0.5) is 28.7 Å². The number of benzene rings is 3. The minimum atomic E-state index is -0.479. The van der Waals surface area contributed by atoms with Gasteiger partial charge in [-0.3, -0.25) is 10.1 Å². The van der Waals surface area contributed by atoms with E-state index < -0.39 is 4.92 Å². The normalized spacial score (nSPS) is 10.6. The zero-order valence-corrected chi connectivity index (χ0v) is 15.9. The third-order valence-electron chi connectivity index (χ3n) is 4.32. The molecule has 3 aromatic carbocycles. The molecule has 0 saturated carbocycles. The van der Waals surface area contributed by atoms with E-state index in [0.717, 1.165) is 11.4 Å². The van der Waals surface area contributed by atoms with E-state index >= 15 is 0 Å². The van der Waals surface area contributed by atoms with E-state index in [1.807, 2.05) is 24.3 Å². The second kappa shape index (κ2) is 7.92. The second-order valence-electron chi connectivity index (χ2n) is 6.38. The second-order valence-corrected chi connectivity index (χ2v) is 6.38. The highest BCUT2D eigenvalue weighted by atomic mass is 16.6. The number of anilines is 4. The van der Waals surface area contributed by atoms with Gasteiger partial charge in [0.05, 0.1) is 23.1 Å². The molecule has 0 amide bonds. The molecule has 0 saturated heterocycles. The molecular weight excluding hydrogens is 386 g/mol. The van der Waals surface area contributed by atoms with Gasteiger partial charge in [-0.2, -0.15) is 0 Å². The van der Waals surface area contributed by atoms with Crippen molar-refractivity contribution in [3.63, 3.8) is 0 Å². The largest absolute Gasteiger partial charge is 0.508 e. The molecule has 0 spiro atoms. The summed E-state index contributed by atoms with van der Waals surface area (Å²) in [5.41, 5.74) is 2.14. The number of aromatic nitrogens is 2. The van der Waals surface area contributed by atoms with Crippen molar-refractivity contribution >= 4 is 39.7 Å². The fourth-order valence-electron chi connectivity index (χ4n) is 2.86. The Morgan fingerprint density at radius 2 is 1.60 bits per heavy atom. The third kappa shape index (κ3) is 4.04. The molecule has 9 nitrogen and oxygen atoms in total. The lowest BCUT2D eigenvalue weighted by atomic mass is 10.2. The summed E-state index contributed by atoms with van der Waals surface area (Å²) in [6, 6.07) is 18.1. The molecule has 4 rings (SSSR count). The minimum absolute atomic E-state index is 0.0732. The van der Waals surface area contributed by atoms with Crippen molar-refractivity contribution in [1.82, 2.24) is 9.97 Å². The highest BCUT2D eigenvalue weighted by Crippen LogP contribution is 2.30. The molecule has 1 heterocycles. The average molecular weight is 403 g/mol. The summed E-state index contributed by atoms with van der Waals surface area (Å²) in [7, 11) is 1.59. The Labute approximate surface area is 171 Å². The molecule has 150 valence electrons. The van der Waals surface area contributed by atoms with Crippen molar-refractivity contribution in [1.29, 1.82) is 0 Å². The third-order valence-corrected chi connectivity index (χ3v) is 4.32. The molecule has 0 aliphatic carbocycles. The number of nitro groups is 1. The first-order valence-electron chi connectivity index (χ1n) is 8.95. The standard InChI is InChI=1S/C21H17N5O4/c1-30-17-8-5-13(6-9-17)22-20-21(23-14-3-2-4-16(27)11-14)25-19-12-15(26(28)29)7-10-18(19)24-20/h2-12,27H,1H3,(H,22,24)(H,23,25). The Bertz CT molecular complexity index is 1230. The predicted molar refractivity (Wildman–Crippen MR) is 114 cm³/mol. The van der Waals surface area contributed by atoms with Gasteiger partial charge >= 0.3 is 0 Å². The molecule has 3 N–H and O–H groups in total. The van der Waals surface area contributed by atoms with Gasteiger partial charge in [-0.25, -0.2) is 9.97 Å². The molecule has 4 aromatic rings. The van der Waals surface area contributed by atoms with Crippen molar-refractivity contribution in [2.75, 3.05) is 17.7 Å². The number of fused-ring (bicyclic) bond motifs is 1. The summed E-state index contributed by atoms with van der Waals surface area (Å²) >= 11 is 0. The molecule has 9 heteroatoms. The van der Waals surface area contributed by atoms with E-state index in [0.29, 0.717) is 28.4 Å². The fraction of sp³-hybridized carbons (Fsp3) is 0.0476. The Kier molecular flexibility index (Phi) is 5.00. The molecule has 0 fully saturated rings. The van der Waals surface area contributed by atoms with Crippen LogP contribution in [0.1, 0.15) is 0 Å². The molecule has 0 bridgehead atoms. The van der Waals surface area contributed by atoms with Crippen molar-refractivity contribution in [3.05, 3.63) is 76.8 Å². The van der Waals surface area contributed by atoms with Gasteiger partial charge in [0.15, 0.2) is 11.6 Å². The number of methoxy groups -OCH3 is 1. The molecule has 0 aliphatic rings. The maximum Gasteiger partial charge on any atom is 0.271 e. The van der Waals surface area contributed by atoms with Crippen LogP contribution in [0.15, 0.2) is 66.7 Å². The summed E-state index contributed by atoms with van der Waals surface area (Å²) in [6.45, 7) is 0. The highest BCUT2D eigenvalue weighted by molar-refractivity contribution is 5.84. The lowest BCUT2D eigenvalue weighted by molar-refractivity contribution is -0.384. The van der Waals surface area contributed by atoms with Crippen LogP contribution in [0.5, 0.6) is 11.5 Å². The smallest absolute Gasteiger partial charge is 0.271 e. The van der Waals surface area contributed by atoms with Crippen molar-refractivity contribution in [2.24, 2.45) is 0 Å². The van der Waals surface area contributed by atoms with E-state index in [-0.39, 0.29) is 11.4 Å². The van der Waals surface area contributed by atoms with Crippen molar-refractivity contribution in [3.8, 4) is 11.5 Å². The van der Waals surface area contributed by atoms with Gasteiger partial charge in [-0.1, -0.05) is 6.07 Å². The summed E-state index contributed by atoms with van der Waals surface area (Å²) in [5.74, 6) is 1.58. The van der Waals surface area contributed by atoms with Gasteiger partial charge < -0.3 is 20.5 Å². The van der Waals surface area contributed by atoms with Crippen LogP contribution in [0.2, 0.25) is 0 Å². The lowest BCUT2D eigenvalue weighted by Gasteiger charge is -2.14. The maximum atomic E-state index is 11.1. The molecule has 0 radical (unpaired) electrons. The lowest BCUT2D eigenvalue weighted by Crippen LogP contribution is -2.03. The number of nitro benzene ring substituents is 1. The van der Waals surface area contributed by atoms with Gasteiger partial charge in [-0.05, 0) is 42.5 Å². The van der Waals surface area contributed by atoms with Crippen molar-refractivity contribution in [2.45, 2.75) is 0 Å². The maximum absolute atomic E-state index is 11.1. The topological polar surface area (TPSA) is 122 Å². The van der Waals surface area contributed by atoms with E-state index in [1.54, 1.807) is 31.4 Å². The Balaban J connectivity index is 1.78. The first kappa shape index (κ1) is 18.9. The number of aromatic hydroxyl groups is 1. The molecule has 30 heavy (non-hydrogen) atoms. The van der Waals surface area contributed by atoms with Crippen molar-refractivity contribution < 1.29 is 14.8 Å². The van der Waals surface area contributed by atoms with E-state index in [1.165, 1.54) is 18.2 Å². The first-order chi connectivity index (χ1) is 14.5. The van der Waals surface area contributed by atoms with Crippen LogP contribution in [-0.4, -0.2) is 27.1 Å². The van der Waals surface area contributed by atoms with Crippen LogP contribution in [0, 0.1) is 10.1 Å². The van der Waals surface area contributed by atoms with Gasteiger partial charge in [-0.15, -0.1) is 0 Å². The number of ether oxygens (including phenoxy) is 1. The van der Waals surface area contributed by atoms with Gasteiger partial charge in [0.2, 0.25) is 0 Å². The quantitative estimate of drug-likeness (QED) is 0.312. The zero-order chi connectivity index (χ0) is 21.1. The number of phenolic OH excluding ortho intramolecular Hbond substituents is 1. The van der Waals surface area contributed by atoms with Crippen LogP contribution < -0.4 is 15.4 Å². The van der Waals surface area contributed by atoms with E-state index in [2.05, 4.69) is 20.6 Å². The molecule has 0 unspecified atom stereocenters. The van der Waals surface area contributed by atoms with Gasteiger partial charge in [0, 0.05) is 29.6 Å². The number of rotatable bonds is 6. The van der Waals surface area contributed by atoms with Crippen LogP contribution in [0.3, 0.4) is 0 Å². The number of hydrogen-bond acceptors (Lipinski definition) is 8. The first-order valence-corrected chi connectivity index (χ1v) is 8.95. The molecule has 0 aliphatic heterocycles. The molecular formula is C21H17N5O4. The molecule has 0 atom stereocenters. The summed E-state index contributed by atoms with van der Waals surface area (Å²) in [5, 5.41) is 27.2. The monoisotopic (exact) mass is 403 g/mol. The van der Waals surface area contributed by atoms with Crippen LogP contribution in [-0.2, 0) is 0 Å². The molecule has 1 aromatic heterocycles. The Morgan fingerprint density at radius 3 is 2.27 bits per heavy atom. The summed E-state index contributed by atoms with van der Waals surface area (Å²) in [6.07, 6.45) is 0. The number of nitrogens with zero attached hydrogens (tertiary/aromatic N) is 3. The number of hydrogen-bond donors (Lipinski definition) is 3. The number of non-ortho nitro benzene ring substituents is 1. The summed E-state index contributed by atoms with van der Waals surface area (Å²) < 4.78 is 5.17. The van der Waals surface area contributed by atoms with Crippen LogP contribution in [0.25, 0.3) is 11.0 Å². The predicted octanol–water partition coefficient (Wildman–Crippen LogP) is 4.74. The number of phenols is 1. The Morgan fingerprint density at radius 1 is 0.900 bits per heavy atom. The van der Waals surface area contributed by atoms with E-state index in [9.17, 15) is 15.2 Å². The minimum Gasteiger partial charge on any atom is -0.508 e. The fourth-order valence-corrected chi connectivity index (χ4v) is 2.86. The Hall–Kier alpha value is -4.40. The van der Waals surface area contributed by atoms with Gasteiger partial charge in [0.1, 0.15) is 11.5 Å². The van der Waals surface area contributed by atoms with Gasteiger partial charge in [0.25, 0.3) is 5.69 Å². The summed E-state index contributed by atoms with van der Waals surface area (Å²) in [4.78, 5) is 19.7. The SMILES string of the molecule is COc1ccc(Nc2nc3ccc([N+](=O)[O-])cc3nc2Nc2cccc(O)c2)cc1. The van der Waals surface area contributed by atoms with E-state index in [4.69, 9.17) is 4.74 Å². The zero-order valence-electron chi connectivity index (χ0n) is 15.9. The number of nitrogens with one attached hydrogen (secondary N) is 2. The van der Waals surface area contributed by atoms with Crippen LogP contribution >= 0.6 is 0 Å². The highest BCUT2D eigenvalue weighted by Gasteiger charge is 2.14.